The van der Waals surface area contributed by atoms with Gasteiger partial charge in [0.2, 0.25) is 17.7 Å². The van der Waals surface area contributed by atoms with Gasteiger partial charge in [0.1, 0.15) is 20.2 Å². The monoisotopic (exact) mass is 603 g/mol. The Hall–Kier alpha value is -2.69. The number of rotatable bonds is 31. The molecule has 42 heavy (non-hydrogen) atoms. The number of hydrogen-bond donors (Lipinski definition) is 3. The van der Waals surface area contributed by atoms with Crippen molar-refractivity contribution in [3.05, 3.63) is 38.0 Å². The van der Waals surface area contributed by atoms with Crippen molar-refractivity contribution in [2.75, 3.05) is 106 Å². The Balaban J connectivity index is 4.32. The van der Waals surface area contributed by atoms with Gasteiger partial charge in [0, 0.05) is 5.41 Å². The van der Waals surface area contributed by atoms with E-state index in [4.69, 9.17) is 37.9 Å². The zero-order chi connectivity index (χ0) is 31.2. The molecule has 0 radical (unpaired) electrons. The van der Waals surface area contributed by atoms with Crippen molar-refractivity contribution in [2.45, 2.75) is 13.3 Å². The summed E-state index contributed by atoms with van der Waals surface area (Å²) in [6.07, 6.45) is 4.25. The van der Waals surface area contributed by atoms with E-state index in [1.807, 2.05) is 6.92 Å². The van der Waals surface area contributed by atoms with Gasteiger partial charge in [-0.25, -0.2) is 0 Å². The standard InChI is InChI=1S/C28H49N3O11/c1-5-25(32)29-22-40-16-11-35-9-13-37-19-28(8-4,21-39-15-18-42-24-31-27(34)7-3)20-38-14-10-36-12-17-41-23-30-26(33)6-2/h5-7H,1-3,8-24H2,4H3,(H,29,32)(H,30,33)(H,31,34). The lowest BCUT2D eigenvalue weighted by Crippen LogP contribution is -2.38. The Labute approximate surface area is 249 Å². The highest BCUT2D eigenvalue weighted by Gasteiger charge is 2.30. The number of amides is 3. The Morgan fingerprint density at radius 2 is 0.762 bits per heavy atom. The molecule has 0 spiro atoms. The molecule has 0 atom stereocenters. The molecule has 0 heterocycles. The lowest BCUT2D eigenvalue weighted by atomic mass is 9.88. The highest BCUT2D eigenvalue weighted by atomic mass is 16.6. The highest BCUT2D eigenvalue weighted by Crippen LogP contribution is 2.24. The van der Waals surface area contributed by atoms with Crippen LogP contribution < -0.4 is 16.0 Å². The summed E-state index contributed by atoms with van der Waals surface area (Å²) in [5.41, 5.74) is -0.407. The van der Waals surface area contributed by atoms with E-state index in [1.54, 1.807) is 0 Å². The van der Waals surface area contributed by atoms with Crippen molar-refractivity contribution in [1.29, 1.82) is 0 Å². The van der Waals surface area contributed by atoms with Crippen LogP contribution in [0.4, 0.5) is 0 Å². The van der Waals surface area contributed by atoms with Gasteiger partial charge in [-0.05, 0) is 24.6 Å². The van der Waals surface area contributed by atoms with Gasteiger partial charge in [-0.2, -0.15) is 0 Å². The molecule has 0 unspecified atom stereocenters. The van der Waals surface area contributed by atoms with Crippen LogP contribution in [0.5, 0.6) is 0 Å². The van der Waals surface area contributed by atoms with Crippen molar-refractivity contribution in [3.63, 3.8) is 0 Å². The number of carbonyl (C=O) groups excluding carboxylic acids is 3. The van der Waals surface area contributed by atoms with Crippen molar-refractivity contribution >= 4 is 17.7 Å². The van der Waals surface area contributed by atoms with Gasteiger partial charge in [-0.1, -0.05) is 26.7 Å². The fourth-order valence-electron chi connectivity index (χ4n) is 2.89. The largest absolute Gasteiger partial charge is 0.378 e. The molecule has 14 nitrogen and oxygen atoms in total. The molecule has 3 N–H and O–H groups in total. The molecule has 0 rings (SSSR count). The maximum atomic E-state index is 11.2. The summed E-state index contributed by atoms with van der Waals surface area (Å²) in [7, 11) is 0. The Bertz CT molecular complexity index is 713. The van der Waals surface area contributed by atoms with Crippen LogP contribution in [-0.4, -0.2) is 124 Å². The average molecular weight is 604 g/mol. The van der Waals surface area contributed by atoms with Crippen LogP contribution in [0.15, 0.2) is 38.0 Å². The maximum Gasteiger partial charge on any atom is 0.245 e. The van der Waals surface area contributed by atoms with E-state index in [-0.39, 0.29) is 37.9 Å². The molecular weight excluding hydrogens is 554 g/mol. The van der Waals surface area contributed by atoms with E-state index in [0.29, 0.717) is 85.9 Å². The molecule has 0 aliphatic carbocycles. The maximum absolute atomic E-state index is 11.2. The van der Waals surface area contributed by atoms with Gasteiger partial charge < -0.3 is 53.8 Å². The smallest absolute Gasteiger partial charge is 0.245 e. The Kier molecular flexibility index (Phi) is 26.6. The van der Waals surface area contributed by atoms with E-state index in [0.717, 1.165) is 6.42 Å². The van der Waals surface area contributed by atoms with Gasteiger partial charge in [0.05, 0.1) is 85.9 Å². The summed E-state index contributed by atoms with van der Waals surface area (Å²) in [4.78, 5) is 33.2. The van der Waals surface area contributed by atoms with Crippen LogP contribution in [0.1, 0.15) is 13.3 Å². The fourth-order valence-corrected chi connectivity index (χ4v) is 2.89. The molecule has 3 amide bonds. The third kappa shape index (κ3) is 24.0. The normalized spacial score (nSPS) is 11.1. The number of nitrogens with one attached hydrogen (secondary N) is 3. The molecule has 0 bridgehead atoms. The van der Waals surface area contributed by atoms with Crippen LogP contribution in [0.2, 0.25) is 0 Å². The lowest BCUT2D eigenvalue weighted by Gasteiger charge is -2.32. The minimum Gasteiger partial charge on any atom is -0.378 e. The average Bonchev–Trinajstić information content (AvgIpc) is 3.01. The first-order valence-electron chi connectivity index (χ1n) is 13.8. The second-order valence-corrected chi connectivity index (χ2v) is 8.63. The van der Waals surface area contributed by atoms with E-state index >= 15 is 0 Å². The molecule has 0 saturated heterocycles. The predicted molar refractivity (Wildman–Crippen MR) is 154 cm³/mol. The van der Waals surface area contributed by atoms with Crippen LogP contribution in [0, 0.1) is 5.41 Å². The Morgan fingerprint density at radius 1 is 0.500 bits per heavy atom. The molecule has 0 aromatic carbocycles. The second-order valence-electron chi connectivity index (χ2n) is 8.63. The third-order valence-corrected chi connectivity index (χ3v) is 5.44. The SMILES string of the molecule is C=CC(=O)NCOCCOCCOCC(CC)(COCCOCCOCNC(=O)C=C)COCCOCNC(=O)C=C. The molecule has 242 valence electrons. The quantitative estimate of drug-likeness (QED) is 0.0568. The van der Waals surface area contributed by atoms with E-state index < -0.39 is 5.41 Å². The second kappa shape index (κ2) is 28.4. The van der Waals surface area contributed by atoms with Gasteiger partial charge in [-0.3, -0.25) is 14.4 Å². The van der Waals surface area contributed by atoms with Crippen LogP contribution in [-0.2, 0) is 52.3 Å². The van der Waals surface area contributed by atoms with Gasteiger partial charge in [-0.15, -0.1) is 0 Å². The topological polar surface area (TPSA) is 161 Å². The van der Waals surface area contributed by atoms with Gasteiger partial charge >= 0.3 is 0 Å². The van der Waals surface area contributed by atoms with E-state index in [2.05, 4.69) is 35.7 Å². The first-order chi connectivity index (χ1) is 20.4. The molecule has 14 heteroatoms. The summed E-state index contributed by atoms with van der Waals surface area (Å²) in [5.74, 6) is -0.908. The summed E-state index contributed by atoms with van der Waals surface area (Å²) < 4.78 is 44.5. The first-order valence-corrected chi connectivity index (χ1v) is 13.8. The fraction of sp³-hybridized carbons (Fsp3) is 0.679. The summed E-state index contributed by atoms with van der Waals surface area (Å²) in [6.45, 7) is 17.1. The zero-order valence-electron chi connectivity index (χ0n) is 24.9. The van der Waals surface area contributed by atoms with Crippen molar-refractivity contribution in [3.8, 4) is 0 Å². The van der Waals surface area contributed by atoms with E-state index in [1.165, 1.54) is 18.2 Å². The first kappa shape index (κ1) is 39.3. The summed E-state index contributed by atoms with van der Waals surface area (Å²) in [6, 6.07) is 0. The highest BCUT2D eigenvalue weighted by molar-refractivity contribution is 5.87. The molecule has 0 aliphatic rings. The summed E-state index contributed by atoms with van der Waals surface area (Å²) in [5, 5.41) is 7.54. The molecule has 0 aromatic heterocycles. The molecular formula is C28H49N3O11. The third-order valence-electron chi connectivity index (χ3n) is 5.44. The number of ether oxygens (including phenoxy) is 8. The summed E-state index contributed by atoms with van der Waals surface area (Å²) >= 11 is 0. The molecule has 0 saturated carbocycles. The van der Waals surface area contributed by atoms with Crippen LogP contribution >= 0.6 is 0 Å². The zero-order valence-corrected chi connectivity index (χ0v) is 24.9. The lowest BCUT2D eigenvalue weighted by molar-refractivity contribution is -0.119. The number of hydrogen-bond acceptors (Lipinski definition) is 11. The Morgan fingerprint density at radius 3 is 1.02 bits per heavy atom. The van der Waals surface area contributed by atoms with Crippen molar-refractivity contribution in [2.24, 2.45) is 5.41 Å². The van der Waals surface area contributed by atoms with Crippen LogP contribution in [0.25, 0.3) is 0 Å². The van der Waals surface area contributed by atoms with Crippen LogP contribution in [0.3, 0.4) is 0 Å². The van der Waals surface area contributed by atoms with Gasteiger partial charge in [0.25, 0.3) is 0 Å². The van der Waals surface area contributed by atoms with E-state index in [9.17, 15) is 14.4 Å². The van der Waals surface area contributed by atoms with Crippen molar-refractivity contribution in [1.82, 2.24) is 16.0 Å². The molecule has 0 aliphatic heterocycles. The number of carbonyl (C=O) groups is 3. The molecule has 0 fully saturated rings. The van der Waals surface area contributed by atoms with Gasteiger partial charge in [0.15, 0.2) is 0 Å². The molecule has 0 aromatic rings. The minimum atomic E-state index is -0.407. The minimum absolute atomic E-state index is 0.0718. The van der Waals surface area contributed by atoms with Crippen molar-refractivity contribution < 1.29 is 52.3 Å². The predicted octanol–water partition coefficient (Wildman–Crippen LogP) is 0.295.